The Balaban J connectivity index is 0.000000383. The molecule has 0 atom stereocenters. The maximum atomic E-state index is 12.8. The molecule has 0 saturated carbocycles. The number of carbonyl (C=O) groups excluding carboxylic acids is 1. The van der Waals surface area contributed by atoms with E-state index in [1.165, 1.54) is 0 Å². The summed E-state index contributed by atoms with van der Waals surface area (Å²) in [5.41, 5.74) is 1.24. The summed E-state index contributed by atoms with van der Waals surface area (Å²) >= 11 is 0. The van der Waals surface area contributed by atoms with E-state index in [1.807, 2.05) is 40.7 Å². The Morgan fingerprint density at radius 2 is 1.94 bits per heavy atom. The van der Waals surface area contributed by atoms with E-state index in [9.17, 15) is 22.8 Å². The molecule has 33 heavy (non-hydrogen) atoms. The molecule has 176 valence electrons. The second-order valence-corrected chi connectivity index (χ2v) is 7.28. The Labute approximate surface area is 185 Å². The van der Waals surface area contributed by atoms with Crippen molar-refractivity contribution in [3.8, 4) is 0 Å². The highest BCUT2D eigenvalue weighted by Gasteiger charge is 2.38. The molecule has 3 aromatic rings. The van der Waals surface area contributed by atoms with Crippen LogP contribution in [0, 0.1) is 0 Å². The minimum Gasteiger partial charge on any atom is -0.475 e. The summed E-state index contributed by atoms with van der Waals surface area (Å²) in [6.45, 7) is 1.99. The lowest BCUT2D eigenvalue weighted by atomic mass is 10.3. The van der Waals surface area contributed by atoms with Gasteiger partial charge in [0.1, 0.15) is 11.5 Å². The molecule has 0 aliphatic carbocycles. The predicted molar refractivity (Wildman–Crippen MR) is 108 cm³/mol. The number of imidazole rings is 1. The minimum absolute atomic E-state index is 0.0415. The van der Waals surface area contributed by atoms with Crippen LogP contribution in [0.25, 0.3) is 0 Å². The third-order valence-electron chi connectivity index (χ3n) is 4.88. The van der Waals surface area contributed by atoms with Crippen LogP contribution >= 0.6 is 0 Å². The van der Waals surface area contributed by atoms with Gasteiger partial charge >= 0.3 is 12.1 Å². The van der Waals surface area contributed by atoms with E-state index < -0.39 is 12.1 Å². The number of aryl methyl sites for hydroxylation is 1. The SMILES string of the molecule is Cn1cccc1C(=O)N1CCCn2c(nc(Cn3ccnc3)cc2=O)C1.O=C(O)C(F)(F)F. The van der Waals surface area contributed by atoms with E-state index in [4.69, 9.17) is 9.90 Å². The van der Waals surface area contributed by atoms with Crippen LogP contribution in [0.4, 0.5) is 13.2 Å². The summed E-state index contributed by atoms with van der Waals surface area (Å²) in [7, 11) is 1.85. The van der Waals surface area contributed by atoms with Crippen molar-refractivity contribution in [3.63, 3.8) is 0 Å². The van der Waals surface area contributed by atoms with Gasteiger partial charge in [-0.25, -0.2) is 14.8 Å². The maximum Gasteiger partial charge on any atom is 0.490 e. The quantitative estimate of drug-likeness (QED) is 0.626. The van der Waals surface area contributed by atoms with Crippen LogP contribution in [-0.2, 0) is 31.5 Å². The summed E-state index contributed by atoms with van der Waals surface area (Å²) in [5.74, 6) is -2.17. The molecule has 4 rings (SSSR count). The molecule has 1 aliphatic rings. The van der Waals surface area contributed by atoms with Gasteiger partial charge in [-0.05, 0) is 18.6 Å². The number of fused-ring (bicyclic) bond motifs is 1. The Hall–Kier alpha value is -3.90. The van der Waals surface area contributed by atoms with Gasteiger partial charge in [0.25, 0.3) is 11.5 Å². The summed E-state index contributed by atoms with van der Waals surface area (Å²) in [5, 5.41) is 7.12. The fourth-order valence-electron chi connectivity index (χ4n) is 3.30. The van der Waals surface area contributed by atoms with Gasteiger partial charge in [0.05, 0.1) is 25.1 Å². The van der Waals surface area contributed by atoms with Crippen molar-refractivity contribution < 1.29 is 27.9 Å². The standard InChI is InChI=1S/C18H20N6O2.C2HF3O2/c1-21-6-2-4-15(21)18(26)23-7-3-8-24-16(12-23)20-14(10-17(24)25)11-22-9-5-19-13-22;3-2(4,5)1(6)7/h2,4-6,9-10,13H,3,7-8,11-12H2,1H3;(H,6,7). The third-order valence-corrected chi connectivity index (χ3v) is 4.88. The number of hydrogen-bond acceptors (Lipinski definition) is 5. The summed E-state index contributed by atoms with van der Waals surface area (Å²) in [4.78, 5) is 44.7. The molecule has 1 amide bonds. The predicted octanol–water partition coefficient (Wildman–Crippen LogP) is 1.51. The minimum atomic E-state index is -5.08. The third kappa shape index (κ3) is 5.87. The van der Waals surface area contributed by atoms with E-state index in [0.29, 0.717) is 43.4 Å². The number of rotatable bonds is 3. The van der Waals surface area contributed by atoms with E-state index in [0.717, 1.165) is 6.42 Å². The highest BCUT2D eigenvalue weighted by Crippen LogP contribution is 2.14. The molecular weight excluding hydrogens is 445 g/mol. The van der Waals surface area contributed by atoms with Crippen molar-refractivity contribution in [1.29, 1.82) is 0 Å². The summed E-state index contributed by atoms with van der Waals surface area (Å²) in [6, 6.07) is 5.23. The molecule has 1 N–H and O–H groups in total. The molecule has 0 aromatic carbocycles. The lowest BCUT2D eigenvalue weighted by Crippen LogP contribution is -2.33. The van der Waals surface area contributed by atoms with Crippen molar-refractivity contribution in [2.45, 2.75) is 32.2 Å². The van der Waals surface area contributed by atoms with Crippen LogP contribution in [0.5, 0.6) is 0 Å². The molecule has 10 nitrogen and oxygen atoms in total. The topological polar surface area (TPSA) is 115 Å². The molecule has 0 radical (unpaired) electrons. The highest BCUT2D eigenvalue weighted by atomic mass is 19.4. The number of carboxylic acid groups (broad SMARTS) is 1. The average Bonchev–Trinajstić information content (AvgIpc) is 3.34. The van der Waals surface area contributed by atoms with Gasteiger partial charge in [0, 0.05) is 44.8 Å². The average molecular weight is 466 g/mol. The first-order chi connectivity index (χ1) is 15.6. The van der Waals surface area contributed by atoms with Gasteiger partial charge in [-0.2, -0.15) is 13.2 Å². The van der Waals surface area contributed by atoms with Crippen molar-refractivity contribution in [1.82, 2.24) is 28.6 Å². The fourth-order valence-corrected chi connectivity index (χ4v) is 3.30. The van der Waals surface area contributed by atoms with E-state index >= 15 is 0 Å². The smallest absolute Gasteiger partial charge is 0.475 e. The van der Waals surface area contributed by atoms with Crippen molar-refractivity contribution in [3.05, 3.63) is 70.7 Å². The van der Waals surface area contributed by atoms with Crippen molar-refractivity contribution in [2.24, 2.45) is 7.05 Å². The molecule has 0 spiro atoms. The van der Waals surface area contributed by atoms with Crippen LogP contribution in [0.2, 0.25) is 0 Å². The number of carboxylic acids is 1. The number of amides is 1. The first-order valence-corrected chi connectivity index (χ1v) is 9.82. The number of aliphatic carboxylic acids is 1. The van der Waals surface area contributed by atoms with Gasteiger partial charge in [-0.15, -0.1) is 0 Å². The molecular formula is C20H21F3N6O4. The fraction of sp³-hybridized carbons (Fsp3) is 0.350. The lowest BCUT2D eigenvalue weighted by Gasteiger charge is -2.20. The Bertz CT molecular complexity index is 1180. The van der Waals surface area contributed by atoms with Gasteiger partial charge in [0.15, 0.2) is 0 Å². The molecule has 3 aromatic heterocycles. The molecule has 0 saturated heterocycles. The van der Waals surface area contributed by atoms with E-state index in [-0.39, 0.29) is 11.5 Å². The summed E-state index contributed by atoms with van der Waals surface area (Å²) in [6.07, 6.45) is 2.71. The Morgan fingerprint density at radius 3 is 2.52 bits per heavy atom. The van der Waals surface area contributed by atoms with Gasteiger partial charge in [-0.1, -0.05) is 0 Å². The van der Waals surface area contributed by atoms with Crippen LogP contribution in [0.1, 0.15) is 28.4 Å². The number of nitrogens with zero attached hydrogens (tertiary/aromatic N) is 6. The molecule has 4 heterocycles. The van der Waals surface area contributed by atoms with Crippen LogP contribution < -0.4 is 5.56 Å². The first kappa shape index (κ1) is 23.8. The van der Waals surface area contributed by atoms with Crippen molar-refractivity contribution >= 4 is 11.9 Å². The van der Waals surface area contributed by atoms with Crippen LogP contribution in [0.15, 0.2) is 47.9 Å². The van der Waals surface area contributed by atoms with Crippen LogP contribution in [-0.4, -0.2) is 58.3 Å². The number of hydrogen-bond donors (Lipinski definition) is 1. The molecule has 0 bridgehead atoms. The second-order valence-electron chi connectivity index (χ2n) is 7.28. The zero-order chi connectivity index (χ0) is 24.2. The van der Waals surface area contributed by atoms with E-state index in [1.54, 1.807) is 28.1 Å². The number of alkyl halides is 3. The maximum absolute atomic E-state index is 12.8. The first-order valence-electron chi connectivity index (χ1n) is 9.82. The van der Waals surface area contributed by atoms with Gasteiger partial charge in [0.2, 0.25) is 0 Å². The zero-order valence-corrected chi connectivity index (χ0v) is 17.6. The highest BCUT2D eigenvalue weighted by molar-refractivity contribution is 5.92. The molecule has 1 aliphatic heterocycles. The van der Waals surface area contributed by atoms with Crippen LogP contribution in [0.3, 0.4) is 0 Å². The molecule has 13 heteroatoms. The van der Waals surface area contributed by atoms with Gasteiger partial charge in [-0.3, -0.25) is 14.2 Å². The monoisotopic (exact) mass is 466 g/mol. The normalized spacial score (nSPS) is 13.5. The zero-order valence-electron chi connectivity index (χ0n) is 17.6. The van der Waals surface area contributed by atoms with Crippen molar-refractivity contribution in [2.75, 3.05) is 6.54 Å². The number of carbonyl (C=O) groups is 2. The van der Waals surface area contributed by atoms with Gasteiger partial charge < -0.3 is 19.1 Å². The second kappa shape index (κ2) is 9.71. The van der Waals surface area contributed by atoms with E-state index in [2.05, 4.69) is 9.97 Å². The summed E-state index contributed by atoms with van der Waals surface area (Å²) < 4.78 is 37.1. The largest absolute Gasteiger partial charge is 0.490 e. The number of halogens is 3. The lowest BCUT2D eigenvalue weighted by molar-refractivity contribution is -0.192. The Morgan fingerprint density at radius 1 is 1.21 bits per heavy atom. The Kier molecular flexibility index (Phi) is 6.99. The number of aromatic nitrogens is 5. The molecule has 0 unspecified atom stereocenters. The molecule has 0 fully saturated rings.